The molecule has 0 aromatic heterocycles. The molecule has 0 amide bonds. The van der Waals surface area contributed by atoms with Gasteiger partial charge in [0, 0.05) is 5.57 Å². The second-order valence-electron chi connectivity index (χ2n) is 9.40. The largest absolute Gasteiger partial charge is 0.490 e. The predicted octanol–water partition coefficient (Wildman–Crippen LogP) is 6.54. The summed E-state index contributed by atoms with van der Waals surface area (Å²) < 4.78 is 6.34. The van der Waals surface area contributed by atoms with Gasteiger partial charge in [0.25, 0.3) is 0 Å². The van der Waals surface area contributed by atoms with Gasteiger partial charge in [0.2, 0.25) is 0 Å². The number of hydrogen-bond donors (Lipinski definition) is 0. The molecule has 0 spiro atoms. The van der Waals surface area contributed by atoms with Crippen molar-refractivity contribution in [3.05, 3.63) is 46.5 Å². The molecule has 0 atom stereocenters. The van der Waals surface area contributed by atoms with Crippen LogP contribution in [0.15, 0.2) is 35.4 Å². The molecule has 0 N–H and O–H groups in total. The second kappa shape index (κ2) is 8.04. The summed E-state index contributed by atoms with van der Waals surface area (Å²) in [4.78, 5) is 11.9. The molecule has 0 saturated heterocycles. The first kappa shape index (κ1) is 19.9. The first-order valence-electron chi connectivity index (χ1n) is 10.4. The molecule has 1 aromatic carbocycles. The maximum absolute atomic E-state index is 11.9. The van der Waals surface area contributed by atoms with Crippen LogP contribution in [0.5, 0.6) is 5.75 Å². The van der Waals surface area contributed by atoms with E-state index in [1.165, 1.54) is 29.5 Å². The number of allylic oxidation sites excluding steroid dienone is 3. The van der Waals surface area contributed by atoms with Crippen LogP contribution in [0.25, 0.3) is 6.08 Å². The molecular weight excluding hydrogens is 332 g/mol. The summed E-state index contributed by atoms with van der Waals surface area (Å²) >= 11 is 0. The predicted molar refractivity (Wildman–Crippen MR) is 113 cm³/mol. The Balaban J connectivity index is 1.70. The Kier molecular flexibility index (Phi) is 5.93. The van der Waals surface area contributed by atoms with E-state index in [-0.39, 0.29) is 5.78 Å². The lowest BCUT2D eigenvalue weighted by atomic mass is 9.72. The maximum atomic E-state index is 11.9. The lowest BCUT2D eigenvalue weighted by molar-refractivity contribution is -0.113. The molecule has 3 rings (SSSR count). The third-order valence-corrected chi connectivity index (χ3v) is 6.36. The van der Waals surface area contributed by atoms with Crippen molar-refractivity contribution < 1.29 is 9.53 Å². The number of fused-ring (bicyclic) bond motifs is 1. The van der Waals surface area contributed by atoms with Gasteiger partial charge < -0.3 is 4.74 Å². The Morgan fingerprint density at radius 2 is 1.74 bits per heavy atom. The van der Waals surface area contributed by atoms with Crippen molar-refractivity contribution in [1.82, 2.24) is 0 Å². The van der Waals surface area contributed by atoms with Crippen molar-refractivity contribution >= 4 is 11.9 Å². The number of Topliss-reactive ketones (excluding diaryl/α,β-unsaturated/α-hetero) is 1. The molecule has 1 fully saturated rings. The van der Waals surface area contributed by atoms with Crippen molar-refractivity contribution in [3.63, 3.8) is 0 Å². The van der Waals surface area contributed by atoms with Crippen LogP contribution in [0, 0.1) is 11.3 Å². The number of ether oxygens (including phenoxy) is 1. The number of rotatable bonds is 3. The average Bonchev–Trinajstić information content (AvgIpc) is 2.59. The molecule has 27 heavy (non-hydrogen) atoms. The Hall–Kier alpha value is -1.83. The zero-order valence-electron chi connectivity index (χ0n) is 17.6. The highest BCUT2D eigenvalue weighted by Gasteiger charge is 2.30. The standard InChI is InChI=1S/C25H34O2/c1-17-6-7-19-8-12-23(16-20(19)9-15-24(17)18(2)26)27-22-13-10-21(11-14-22)25(3,4)5/h8-9,12,15-16,21-22H,6-7,10-11,13-14H2,1-5H3. The van der Waals surface area contributed by atoms with Crippen molar-refractivity contribution in [2.24, 2.45) is 11.3 Å². The number of carbonyl (C=O) groups is 1. The molecule has 0 heterocycles. The fourth-order valence-corrected chi connectivity index (χ4v) is 4.46. The molecule has 2 heteroatoms. The Morgan fingerprint density at radius 1 is 1.04 bits per heavy atom. The van der Waals surface area contributed by atoms with Crippen molar-refractivity contribution in [2.45, 2.75) is 79.2 Å². The van der Waals surface area contributed by atoms with Crippen LogP contribution >= 0.6 is 0 Å². The quantitative estimate of drug-likeness (QED) is 0.607. The summed E-state index contributed by atoms with van der Waals surface area (Å²) in [6, 6.07) is 6.47. The molecule has 0 radical (unpaired) electrons. The molecule has 146 valence electrons. The molecule has 2 nitrogen and oxygen atoms in total. The van der Waals surface area contributed by atoms with E-state index in [4.69, 9.17) is 4.74 Å². The summed E-state index contributed by atoms with van der Waals surface area (Å²) in [5, 5.41) is 0. The monoisotopic (exact) mass is 366 g/mol. The molecule has 1 saturated carbocycles. The number of aryl methyl sites for hydroxylation is 1. The molecule has 0 unspecified atom stereocenters. The number of carbonyl (C=O) groups excluding carboxylic acids is 1. The van der Waals surface area contributed by atoms with E-state index in [0.717, 1.165) is 42.9 Å². The number of ketones is 1. The van der Waals surface area contributed by atoms with Crippen molar-refractivity contribution in [2.75, 3.05) is 0 Å². The van der Waals surface area contributed by atoms with E-state index in [1.807, 2.05) is 6.08 Å². The number of hydrogen-bond acceptors (Lipinski definition) is 2. The molecular formula is C25H34O2. The van der Waals surface area contributed by atoms with Crippen LogP contribution in [0.1, 0.15) is 77.8 Å². The molecule has 2 aliphatic rings. The third kappa shape index (κ3) is 4.91. The van der Waals surface area contributed by atoms with Crippen LogP contribution in [-0.4, -0.2) is 11.9 Å². The normalized spacial score (nSPS) is 23.4. The van der Waals surface area contributed by atoms with Gasteiger partial charge in [-0.2, -0.15) is 0 Å². The van der Waals surface area contributed by atoms with E-state index in [1.54, 1.807) is 6.92 Å². The van der Waals surface area contributed by atoms with E-state index >= 15 is 0 Å². The average molecular weight is 367 g/mol. The minimum Gasteiger partial charge on any atom is -0.490 e. The SMILES string of the molecule is CC(=O)C1=C(C)CCc2ccc(OC3CCC(C(C)(C)C)CC3)cc2C=C1. The summed E-state index contributed by atoms with van der Waals surface area (Å²) in [6.07, 6.45) is 11.1. The first-order chi connectivity index (χ1) is 12.7. The van der Waals surface area contributed by atoms with Gasteiger partial charge in [-0.15, -0.1) is 0 Å². The van der Waals surface area contributed by atoms with Gasteiger partial charge in [0.1, 0.15) is 5.75 Å². The summed E-state index contributed by atoms with van der Waals surface area (Å²) in [7, 11) is 0. The zero-order valence-corrected chi connectivity index (χ0v) is 17.6. The summed E-state index contributed by atoms with van der Waals surface area (Å²) in [6.45, 7) is 10.8. The van der Waals surface area contributed by atoms with E-state index < -0.39 is 0 Å². The van der Waals surface area contributed by atoms with E-state index in [2.05, 4.69) is 52.0 Å². The molecule has 1 aromatic rings. The van der Waals surface area contributed by atoms with Crippen LogP contribution in [-0.2, 0) is 11.2 Å². The number of benzene rings is 1. The lowest BCUT2D eigenvalue weighted by Gasteiger charge is -2.37. The van der Waals surface area contributed by atoms with Gasteiger partial charge >= 0.3 is 0 Å². The summed E-state index contributed by atoms with van der Waals surface area (Å²) in [5.74, 6) is 1.91. The molecule has 0 bridgehead atoms. The van der Waals surface area contributed by atoms with Crippen LogP contribution < -0.4 is 4.74 Å². The van der Waals surface area contributed by atoms with Gasteiger partial charge in [-0.05, 0) is 87.0 Å². The first-order valence-corrected chi connectivity index (χ1v) is 10.4. The minimum absolute atomic E-state index is 0.148. The van der Waals surface area contributed by atoms with Gasteiger partial charge in [-0.3, -0.25) is 4.79 Å². The van der Waals surface area contributed by atoms with Gasteiger partial charge in [0.15, 0.2) is 5.78 Å². The molecule has 2 aliphatic carbocycles. The van der Waals surface area contributed by atoms with Crippen LogP contribution in [0.4, 0.5) is 0 Å². The fourth-order valence-electron chi connectivity index (χ4n) is 4.46. The highest BCUT2D eigenvalue weighted by atomic mass is 16.5. The fraction of sp³-hybridized carbons (Fsp3) is 0.560. The minimum atomic E-state index is 0.148. The van der Waals surface area contributed by atoms with Crippen LogP contribution in [0.3, 0.4) is 0 Å². The van der Waals surface area contributed by atoms with Crippen molar-refractivity contribution in [3.8, 4) is 5.75 Å². The maximum Gasteiger partial charge on any atom is 0.159 e. The Morgan fingerprint density at radius 3 is 2.37 bits per heavy atom. The zero-order chi connectivity index (χ0) is 19.6. The van der Waals surface area contributed by atoms with Crippen LogP contribution in [0.2, 0.25) is 0 Å². The van der Waals surface area contributed by atoms with Gasteiger partial charge in [0.05, 0.1) is 6.10 Å². The second-order valence-corrected chi connectivity index (χ2v) is 9.40. The van der Waals surface area contributed by atoms with Gasteiger partial charge in [-0.25, -0.2) is 0 Å². The van der Waals surface area contributed by atoms with E-state index in [9.17, 15) is 4.79 Å². The topological polar surface area (TPSA) is 26.3 Å². The van der Waals surface area contributed by atoms with E-state index in [0.29, 0.717) is 11.5 Å². The smallest absolute Gasteiger partial charge is 0.159 e. The summed E-state index contributed by atoms with van der Waals surface area (Å²) in [5.41, 5.74) is 4.95. The molecule has 0 aliphatic heterocycles. The Labute approximate surface area is 164 Å². The van der Waals surface area contributed by atoms with Gasteiger partial charge in [-0.1, -0.05) is 44.6 Å². The Bertz CT molecular complexity index is 753. The van der Waals surface area contributed by atoms with Crippen molar-refractivity contribution in [1.29, 1.82) is 0 Å². The third-order valence-electron chi connectivity index (χ3n) is 6.36. The highest BCUT2D eigenvalue weighted by Crippen LogP contribution is 2.39. The highest BCUT2D eigenvalue weighted by molar-refractivity contribution is 5.98. The lowest BCUT2D eigenvalue weighted by Crippen LogP contribution is -2.30.